The smallest absolute Gasteiger partial charge is 0.481 e. The molecule has 0 saturated heterocycles. The van der Waals surface area contributed by atoms with Crippen molar-refractivity contribution < 1.29 is 27.8 Å². The third kappa shape index (κ3) is 3.94. The molecule has 3 nitrogen and oxygen atoms in total. The number of aliphatic carboxylic acids is 1. The molecule has 0 saturated carbocycles. The van der Waals surface area contributed by atoms with Gasteiger partial charge in [-0.2, -0.15) is 0 Å². The van der Waals surface area contributed by atoms with Gasteiger partial charge in [0.15, 0.2) is 0 Å². The van der Waals surface area contributed by atoms with Crippen molar-refractivity contribution in [1.82, 2.24) is 0 Å². The van der Waals surface area contributed by atoms with Crippen LogP contribution in [0.3, 0.4) is 0 Å². The van der Waals surface area contributed by atoms with Crippen LogP contribution >= 0.6 is 0 Å². The Hall–Kier alpha value is -1.72. The average Bonchev–Trinajstić information content (AvgIpc) is 2.13. The Morgan fingerprint density at radius 2 is 1.94 bits per heavy atom. The SMILES string of the molecule is CC(C)C(C(=O)O)c1cccc(OC(F)(F)F)c1. The van der Waals surface area contributed by atoms with Crippen LogP contribution in [-0.2, 0) is 4.79 Å². The van der Waals surface area contributed by atoms with E-state index in [1.807, 2.05) is 0 Å². The fourth-order valence-corrected chi connectivity index (χ4v) is 1.72. The summed E-state index contributed by atoms with van der Waals surface area (Å²) in [5, 5.41) is 9.06. The topological polar surface area (TPSA) is 46.5 Å². The summed E-state index contributed by atoms with van der Waals surface area (Å²) in [6.07, 6.45) is -4.78. The Morgan fingerprint density at radius 3 is 2.39 bits per heavy atom. The summed E-state index contributed by atoms with van der Waals surface area (Å²) in [6, 6.07) is 5.05. The van der Waals surface area contributed by atoms with E-state index < -0.39 is 24.0 Å². The Kier molecular flexibility index (Phi) is 4.21. The summed E-state index contributed by atoms with van der Waals surface area (Å²) in [4.78, 5) is 11.1. The molecule has 0 fully saturated rings. The van der Waals surface area contributed by atoms with E-state index in [0.29, 0.717) is 5.56 Å². The predicted molar refractivity (Wildman–Crippen MR) is 58.3 cm³/mol. The number of alkyl halides is 3. The molecule has 100 valence electrons. The van der Waals surface area contributed by atoms with Crippen LogP contribution in [0.25, 0.3) is 0 Å². The molecule has 0 radical (unpaired) electrons. The molecule has 1 atom stereocenters. The number of halogens is 3. The first-order valence-corrected chi connectivity index (χ1v) is 5.29. The minimum Gasteiger partial charge on any atom is -0.481 e. The maximum absolute atomic E-state index is 12.1. The van der Waals surface area contributed by atoms with Crippen molar-refractivity contribution in [3.05, 3.63) is 29.8 Å². The molecule has 0 bridgehead atoms. The first kappa shape index (κ1) is 14.3. The second-order valence-corrected chi connectivity index (χ2v) is 4.18. The van der Waals surface area contributed by atoms with E-state index in [9.17, 15) is 18.0 Å². The second-order valence-electron chi connectivity index (χ2n) is 4.18. The lowest BCUT2D eigenvalue weighted by atomic mass is 9.88. The van der Waals surface area contributed by atoms with Crippen molar-refractivity contribution in [3.8, 4) is 5.75 Å². The van der Waals surface area contributed by atoms with Gasteiger partial charge in [-0.05, 0) is 23.6 Å². The highest BCUT2D eigenvalue weighted by Gasteiger charge is 2.32. The second kappa shape index (κ2) is 5.29. The minimum absolute atomic E-state index is 0.233. The third-order valence-electron chi connectivity index (χ3n) is 2.38. The van der Waals surface area contributed by atoms with Gasteiger partial charge < -0.3 is 9.84 Å². The van der Waals surface area contributed by atoms with E-state index in [2.05, 4.69) is 4.74 Å². The average molecular weight is 262 g/mol. The molecule has 6 heteroatoms. The lowest BCUT2D eigenvalue weighted by Gasteiger charge is -2.17. The van der Waals surface area contributed by atoms with Crippen molar-refractivity contribution >= 4 is 5.97 Å². The van der Waals surface area contributed by atoms with Crippen LogP contribution in [0, 0.1) is 5.92 Å². The molecule has 1 aromatic carbocycles. The summed E-state index contributed by atoms with van der Waals surface area (Å²) >= 11 is 0. The molecule has 0 aromatic heterocycles. The van der Waals surface area contributed by atoms with Gasteiger partial charge in [-0.3, -0.25) is 4.79 Å². The van der Waals surface area contributed by atoms with Crippen molar-refractivity contribution in [2.75, 3.05) is 0 Å². The Labute approximate surface area is 102 Å². The fraction of sp³-hybridized carbons (Fsp3) is 0.417. The number of hydrogen-bond acceptors (Lipinski definition) is 2. The highest BCUT2D eigenvalue weighted by atomic mass is 19.4. The summed E-state index contributed by atoms with van der Waals surface area (Å²) in [5.41, 5.74) is 0.291. The predicted octanol–water partition coefficient (Wildman–Crippen LogP) is 3.41. The maximum atomic E-state index is 12.1. The number of hydrogen-bond donors (Lipinski definition) is 1. The van der Waals surface area contributed by atoms with Gasteiger partial charge in [0.05, 0.1) is 5.92 Å². The first-order valence-electron chi connectivity index (χ1n) is 5.29. The quantitative estimate of drug-likeness (QED) is 0.904. The van der Waals surface area contributed by atoms with Crippen LogP contribution in [0.4, 0.5) is 13.2 Å². The summed E-state index contributed by atoms with van der Waals surface area (Å²) in [5.74, 6) is -2.58. The molecular weight excluding hydrogens is 249 g/mol. The van der Waals surface area contributed by atoms with Crippen LogP contribution in [0.2, 0.25) is 0 Å². The van der Waals surface area contributed by atoms with Crippen LogP contribution < -0.4 is 4.74 Å². The molecule has 1 rings (SSSR count). The van der Waals surface area contributed by atoms with Gasteiger partial charge in [-0.25, -0.2) is 0 Å². The van der Waals surface area contributed by atoms with Gasteiger partial charge in [-0.1, -0.05) is 26.0 Å². The zero-order valence-corrected chi connectivity index (χ0v) is 9.86. The highest BCUT2D eigenvalue weighted by molar-refractivity contribution is 5.76. The van der Waals surface area contributed by atoms with E-state index in [0.717, 1.165) is 12.1 Å². The van der Waals surface area contributed by atoms with E-state index in [1.165, 1.54) is 12.1 Å². The van der Waals surface area contributed by atoms with E-state index in [-0.39, 0.29) is 5.92 Å². The molecular formula is C12H13F3O3. The Morgan fingerprint density at radius 1 is 1.33 bits per heavy atom. The molecule has 0 aliphatic heterocycles. The van der Waals surface area contributed by atoms with E-state index in [4.69, 9.17) is 5.11 Å². The zero-order valence-electron chi connectivity index (χ0n) is 9.86. The van der Waals surface area contributed by atoms with E-state index in [1.54, 1.807) is 13.8 Å². The molecule has 0 heterocycles. The number of carboxylic acids is 1. The van der Waals surface area contributed by atoms with Crippen LogP contribution in [-0.4, -0.2) is 17.4 Å². The molecule has 1 aromatic rings. The Balaban J connectivity index is 3.03. The minimum atomic E-state index is -4.78. The summed E-state index contributed by atoms with van der Waals surface area (Å²) < 4.78 is 39.9. The molecule has 0 aliphatic rings. The number of carboxylic acid groups (broad SMARTS) is 1. The van der Waals surface area contributed by atoms with Gasteiger partial charge in [0.2, 0.25) is 0 Å². The van der Waals surface area contributed by atoms with Crippen LogP contribution in [0.15, 0.2) is 24.3 Å². The summed E-state index contributed by atoms with van der Waals surface area (Å²) in [7, 11) is 0. The lowest BCUT2D eigenvalue weighted by Crippen LogP contribution is -2.19. The van der Waals surface area contributed by atoms with E-state index >= 15 is 0 Å². The fourth-order valence-electron chi connectivity index (χ4n) is 1.72. The van der Waals surface area contributed by atoms with Gasteiger partial charge >= 0.3 is 12.3 Å². The van der Waals surface area contributed by atoms with Gasteiger partial charge in [0.1, 0.15) is 5.75 Å². The first-order chi connectivity index (χ1) is 8.20. The van der Waals surface area contributed by atoms with Crippen LogP contribution in [0.5, 0.6) is 5.75 Å². The number of rotatable bonds is 4. The monoisotopic (exact) mass is 262 g/mol. The number of ether oxygens (including phenoxy) is 1. The zero-order chi connectivity index (χ0) is 13.9. The number of carbonyl (C=O) groups is 1. The molecule has 0 spiro atoms. The molecule has 1 unspecified atom stereocenters. The third-order valence-corrected chi connectivity index (χ3v) is 2.38. The van der Waals surface area contributed by atoms with Crippen molar-refractivity contribution in [3.63, 3.8) is 0 Å². The van der Waals surface area contributed by atoms with Crippen LogP contribution in [0.1, 0.15) is 25.3 Å². The molecule has 0 amide bonds. The summed E-state index contributed by atoms with van der Waals surface area (Å²) in [6.45, 7) is 3.38. The number of benzene rings is 1. The highest BCUT2D eigenvalue weighted by Crippen LogP contribution is 2.29. The molecule has 18 heavy (non-hydrogen) atoms. The van der Waals surface area contributed by atoms with Gasteiger partial charge in [-0.15, -0.1) is 13.2 Å². The standard InChI is InChI=1S/C12H13F3O3/c1-7(2)10(11(16)17)8-4-3-5-9(6-8)18-12(13,14)15/h3-7,10H,1-2H3,(H,16,17). The normalized spacial score (nSPS) is 13.4. The van der Waals surface area contributed by atoms with Crippen molar-refractivity contribution in [2.45, 2.75) is 26.1 Å². The van der Waals surface area contributed by atoms with Crippen molar-refractivity contribution in [1.29, 1.82) is 0 Å². The molecule has 1 N–H and O–H groups in total. The lowest BCUT2D eigenvalue weighted by molar-refractivity contribution is -0.274. The largest absolute Gasteiger partial charge is 0.573 e. The van der Waals surface area contributed by atoms with Crippen molar-refractivity contribution in [2.24, 2.45) is 5.92 Å². The Bertz CT molecular complexity index is 427. The van der Waals surface area contributed by atoms with Gasteiger partial charge in [0.25, 0.3) is 0 Å². The molecule has 0 aliphatic carbocycles. The maximum Gasteiger partial charge on any atom is 0.573 e. The van der Waals surface area contributed by atoms with Gasteiger partial charge in [0, 0.05) is 0 Å².